The Labute approximate surface area is 164 Å². The van der Waals surface area contributed by atoms with Gasteiger partial charge < -0.3 is 20.1 Å². The molecule has 2 N–H and O–H groups in total. The number of rotatable bonds is 6. The lowest BCUT2D eigenvalue weighted by atomic mass is 9.82. The van der Waals surface area contributed by atoms with Crippen molar-refractivity contribution in [1.82, 2.24) is 10.6 Å². The highest BCUT2D eigenvalue weighted by Gasteiger charge is 2.40. The van der Waals surface area contributed by atoms with Crippen molar-refractivity contribution in [1.29, 1.82) is 0 Å². The maximum atomic E-state index is 12.4. The van der Waals surface area contributed by atoms with Gasteiger partial charge in [-0.2, -0.15) is 0 Å². The lowest BCUT2D eigenvalue weighted by molar-refractivity contribution is -0.134. The molecular formula is C20H25ClN2O4. The van der Waals surface area contributed by atoms with Crippen molar-refractivity contribution in [3.63, 3.8) is 0 Å². The molecule has 7 heteroatoms. The fraction of sp³-hybridized carbons (Fsp3) is 0.500. The van der Waals surface area contributed by atoms with Gasteiger partial charge in [-0.05, 0) is 49.5 Å². The third kappa shape index (κ3) is 5.23. The molecule has 0 aromatic heterocycles. The molecule has 0 bridgehead atoms. The highest BCUT2D eigenvalue weighted by atomic mass is 35.5. The second kappa shape index (κ2) is 9.24. The van der Waals surface area contributed by atoms with Gasteiger partial charge in [-0.1, -0.05) is 23.7 Å². The Kier molecular flexibility index (Phi) is 6.74. The van der Waals surface area contributed by atoms with E-state index in [0.717, 1.165) is 24.8 Å². The summed E-state index contributed by atoms with van der Waals surface area (Å²) in [5.41, 5.74) is 0.815. The smallest absolute Gasteiger partial charge is 0.286 e. The van der Waals surface area contributed by atoms with Gasteiger partial charge in [0.25, 0.3) is 5.91 Å². The molecule has 1 aromatic carbocycles. The number of nitrogens with one attached hydrogen (secondary N) is 2. The van der Waals surface area contributed by atoms with Crippen LogP contribution in [0.1, 0.15) is 31.2 Å². The van der Waals surface area contributed by atoms with E-state index in [1.165, 1.54) is 0 Å². The molecule has 2 aliphatic rings. The summed E-state index contributed by atoms with van der Waals surface area (Å²) in [6.07, 6.45) is 4.46. The van der Waals surface area contributed by atoms with Crippen LogP contribution in [0.3, 0.4) is 0 Å². The normalized spacial score (nSPS) is 26.1. The van der Waals surface area contributed by atoms with Gasteiger partial charge in [-0.25, -0.2) is 0 Å². The van der Waals surface area contributed by atoms with Crippen LogP contribution in [-0.2, 0) is 19.1 Å². The summed E-state index contributed by atoms with van der Waals surface area (Å²) in [5, 5.41) is 6.55. The number of ether oxygens (including phenoxy) is 2. The quantitative estimate of drug-likeness (QED) is 0.576. The SMILES string of the molecule is COCCCNC(=O)C1CCC2O/C(=C/c3cccc(Cl)c3)C(=O)NC2C1. The summed E-state index contributed by atoms with van der Waals surface area (Å²) >= 11 is 5.99. The summed E-state index contributed by atoms with van der Waals surface area (Å²) in [6.45, 7) is 1.23. The maximum Gasteiger partial charge on any atom is 0.286 e. The second-order valence-electron chi connectivity index (χ2n) is 6.95. The number of hydrogen-bond donors (Lipinski definition) is 2. The molecule has 3 unspecified atom stereocenters. The van der Waals surface area contributed by atoms with Crippen LogP contribution in [0.2, 0.25) is 5.02 Å². The molecule has 1 saturated carbocycles. The maximum absolute atomic E-state index is 12.4. The van der Waals surface area contributed by atoms with Crippen LogP contribution in [0.4, 0.5) is 0 Å². The van der Waals surface area contributed by atoms with Crippen LogP contribution >= 0.6 is 11.6 Å². The molecule has 3 atom stereocenters. The van der Waals surface area contributed by atoms with Crippen LogP contribution in [0.15, 0.2) is 30.0 Å². The van der Waals surface area contributed by atoms with Crippen molar-refractivity contribution in [2.45, 2.75) is 37.8 Å². The molecule has 27 heavy (non-hydrogen) atoms. The first-order chi connectivity index (χ1) is 13.1. The molecule has 2 fully saturated rings. The Morgan fingerprint density at radius 3 is 3.07 bits per heavy atom. The van der Waals surface area contributed by atoms with E-state index in [2.05, 4.69) is 10.6 Å². The zero-order valence-corrected chi connectivity index (χ0v) is 16.1. The van der Waals surface area contributed by atoms with Gasteiger partial charge in [0.15, 0.2) is 5.76 Å². The van der Waals surface area contributed by atoms with E-state index in [-0.39, 0.29) is 29.9 Å². The third-order valence-corrected chi connectivity index (χ3v) is 5.18. The van der Waals surface area contributed by atoms with Crippen molar-refractivity contribution >= 4 is 29.5 Å². The molecule has 1 aromatic rings. The first kappa shape index (κ1) is 19.7. The first-order valence-corrected chi connectivity index (χ1v) is 9.66. The van der Waals surface area contributed by atoms with Gasteiger partial charge in [0.1, 0.15) is 6.10 Å². The van der Waals surface area contributed by atoms with E-state index >= 15 is 0 Å². The number of benzene rings is 1. The molecule has 1 heterocycles. The number of carbonyl (C=O) groups excluding carboxylic acids is 2. The lowest BCUT2D eigenvalue weighted by Gasteiger charge is -2.39. The number of morpholine rings is 1. The van der Waals surface area contributed by atoms with Crippen LogP contribution in [0.5, 0.6) is 0 Å². The predicted molar refractivity (Wildman–Crippen MR) is 103 cm³/mol. The summed E-state index contributed by atoms with van der Waals surface area (Å²) in [7, 11) is 1.64. The first-order valence-electron chi connectivity index (χ1n) is 9.28. The number of methoxy groups -OCH3 is 1. The molecular weight excluding hydrogens is 368 g/mol. The van der Waals surface area contributed by atoms with Gasteiger partial charge in [0.2, 0.25) is 5.91 Å². The fourth-order valence-corrected chi connectivity index (χ4v) is 3.75. The summed E-state index contributed by atoms with van der Waals surface area (Å²) in [5.74, 6) is -0.0198. The van der Waals surface area contributed by atoms with Gasteiger partial charge >= 0.3 is 0 Å². The number of fused-ring (bicyclic) bond motifs is 1. The van der Waals surface area contributed by atoms with E-state index in [9.17, 15) is 9.59 Å². The lowest BCUT2D eigenvalue weighted by Crippen LogP contribution is -2.54. The molecule has 1 aliphatic carbocycles. The molecule has 1 saturated heterocycles. The Morgan fingerprint density at radius 2 is 2.30 bits per heavy atom. The van der Waals surface area contributed by atoms with E-state index in [1.54, 1.807) is 25.3 Å². The molecule has 6 nitrogen and oxygen atoms in total. The van der Waals surface area contributed by atoms with E-state index in [0.29, 0.717) is 30.4 Å². The van der Waals surface area contributed by atoms with Crippen molar-refractivity contribution in [3.05, 3.63) is 40.6 Å². The predicted octanol–water partition coefficient (Wildman–Crippen LogP) is 2.52. The van der Waals surface area contributed by atoms with Crippen molar-refractivity contribution in [3.8, 4) is 0 Å². The van der Waals surface area contributed by atoms with Crippen LogP contribution < -0.4 is 10.6 Å². The molecule has 3 rings (SSSR count). The van der Waals surface area contributed by atoms with Gasteiger partial charge in [0.05, 0.1) is 6.04 Å². The minimum atomic E-state index is -0.252. The molecule has 0 spiro atoms. The average Bonchev–Trinajstić information content (AvgIpc) is 2.65. The number of carbonyl (C=O) groups is 2. The topological polar surface area (TPSA) is 76.7 Å². The van der Waals surface area contributed by atoms with E-state index < -0.39 is 0 Å². The third-order valence-electron chi connectivity index (χ3n) is 4.95. The van der Waals surface area contributed by atoms with Crippen molar-refractivity contribution in [2.75, 3.05) is 20.3 Å². The Morgan fingerprint density at radius 1 is 1.44 bits per heavy atom. The number of amides is 2. The Bertz CT molecular complexity index is 722. The number of hydrogen-bond acceptors (Lipinski definition) is 4. The van der Waals surface area contributed by atoms with Crippen LogP contribution in [-0.4, -0.2) is 44.2 Å². The average molecular weight is 393 g/mol. The van der Waals surface area contributed by atoms with Crippen LogP contribution in [0.25, 0.3) is 6.08 Å². The monoisotopic (exact) mass is 392 g/mol. The van der Waals surface area contributed by atoms with Gasteiger partial charge in [-0.15, -0.1) is 0 Å². The number of halogens is 1. The highest BCUT2D eigenvalue weighted by molar-refractivity contribution is 6.30. The largest absolute Gasteiger partial charge is 0.483 e. The zero-order chi connectivity index (χ0) is 19.2. The van der Waals surface area contributed by atoms with Crippen molar-refractivity contribution in [2.24, 2.45) is 5.92 Å². The minimum Gasteiger partial charge on any atom is -0.483 e. The highest BCUT2D eigenvalue weighted by Crippen LogP contribution is 2.31. The zero-order valence-electron chi connectivity index (χ0n) is 15.4. The van der Waals surface area contributed by atoms with E-state index in [1.807, 2.05) is 12.1 Å². The molecule has 2 amide bonds. The Balaban J connectivity index is 1.57. The second-order valence-corrected chi connectivity index (χ2v) is 7.38. The van der Waals surface area contributed by atoms with Gasteiger partial charge in [0, 0.05) is 31.2 Å². The summed E-state index contributed by atoms with van der Waals surface area (Å²) in [6, 6.07) is 7.11. The standard InChI is InChI=1S/C20H25ClN2O4/c1-26-9-3-8-22-19(24)14-6-7-17-16(12-14)23-20(25)18(27-17)11-13-4-2-5-15(21)10-13/h2,4-5,10-11,14,16-17H,3,6-9,12H2,1H3,(H,22,24)(H,23,25)/b18-11+. The van der Waals surface area contributed by atoms with E-state index in [4.69, 9.17) is 21.1 Å². The molecule has 0 radical (unpaired) electrons. The fourth-order valence-electron chi connectivity index (χ4n) is 3.55. The molecule has 146 valence electrons. The summed E-state index contributed by atoms with van der Waals surface area (Å²) in [4.78, 5) is 24.7. The summed E-state index contributed by atoms with van der Waals surface area (Å²) < 4.78 is 10.9. The Hall–Kier alpha value is -2.05. The van der Waals surface area contributed by atoms with Crippen LogP contribution in [0, 0.1) is 5.92 Å². The van der Waals surface area contributed by atoms with Crippen molar-refractivity contribution < 1.29 is 19.1 Å². The minimum absolute atomic E-state index is 0.0408. The molecule has 1 aliphatic heterocycles. The van der Waals surface area contributed by atoms with Gasteiger partial charge in [-0.3, -0.25) is 9.59 Å².